The van der Waals surface area contributed by atoms with Crippen molar-refractivity contribution in [1.82, 2.24) is 0 Å². The molecule has 1 aromatic carbocycles. The maximum Gasteiger partial charge on any atom is 0.123 e. The van der Waals surface area contributed by atoms with Gasteiger partial charge in [-0.2, -0.15) is 0 Å². The van der Waals surface area contributed by atoms with Crippen molar-refractivity contribution in [3.63, 3.8) is 0 Å². The second-order valence-corrected chi connectivity index (χ2v) is 3.44. The number of hydrogen-bond donors (Lipinski definition) is 0. The van der Waals surface area contributed by atoms with E-state index in [4.69, 9.17) is 0 Å². The molecule has 2 heteroatoms. The molecule has 0 atom stereocenters. The van der Waals surface area contributed by atoms with Gasteiger partial charge >= 0.3 is 0 Å². The van der Waals surface area contributed by atoms with Gasteiger partial charge in [0.15, 0.2) is 0 Å². The number of hydrogen-bond acceptors (Lipinski definition) is 0. The van der Waals surface area contributed by atoms with Gasteiger partial charge in [-0.1, -0.05) is 19.9 Å². The van der Waals surface area contributed by atoms with Crippen molar-refractivity contribution < 1.29 is 8.78 Å². The van der Waals surface area contributed by atoms with Crippen LogP contribution in [0.5, 0.6) is 0 Å². The van der Waals surface area contributed by atoms with Crippen molar-refractivity contribution in [3.05, 3.63) is 35.1 Å². The molecule has 0 saturated carbocycles. The smallest absolute Gasteiger partial charge is 0.123 e. The normalized spacial score (nSPS) is 10.8. The van der Waals surface area contributed by atoms with Gasteiger partial charge in [-0.3, -0.25) is 4.39 Å². The molecule has 0 bridgehead atoms. The van der Waals surface area contributed by atoms with E-state index in [0.29, 0.717) is 12.3 Å². The minimum absolute atomic E-state index is 0.284. The molecule has 0 amide bonds. The summed E-state index contributed by atoms with van der Waals surface area (Å²) in [5.41, 5.74) is 1.83. The zero-order chi connectivity index (χ0) is 9.84. The molecular formula is C11H14F2. The third-order valence-corrected chi connectivity index (χ3v) is 2.09. The molecule has 0 heterocycles. The third kappa shape index (κ3) is 2.51. The molecule has 0 N–H and O–H groups in total. The minimum atomic E-state index is -0.427. The second-order valence-electron chi connectivity index (χ2n) is 3.44. The fraction of sp³-hybridized carbons (Fsp3) is 0.455. The molecule has 0 spiro atoms. The quantitative estimate of drug-likeness (QED) is 0.674. The summed E-state index contributed by atoms with van der Waals surface area (Å²) in [6.07, 6.45) is 0.311. The lowest BCUT2D eigenvalue weighted by atomic mass is 9.95. The number of rotatable bonds is 3. The van der Waals surface area contributed by atoms with E-state index in [1.54, 1.807) is 6.07 Å². The molecule has 0 saturated heterocycles. The zero-order valence-electron chi connectivity index (χ0n) is 7.98. The lowest BCUT2D eigenvalue weighted by Gasteiger charge is -2.11. The molecule has 72 valence electrons. The third-order valence-electron chi connectivity index (χ3n) is 2.09. The SMILES string of the molecule is CC(C)c1ccc(F)cc1CCF. The van der Waals surface area contributed by atoms with E-state index in [-0.39, 0.29) is 5.82 Å². The summed E-state index contributed by atoms with van der Waals surface area (Å²) in [7, 11) is 0. The van der Waals surface area contributed by atoms with Gasteiger partial charge in [0.2, 0.25) is 0 Å². The first-order chi connectivity index (χ1) is 6.15. The van der Waals surface area contributed by atoms with Gasteiger partial charge in [-0.15, -0.1) is 0 Å². The number of aryl methyl sites for hydroxylation is 1. The first kappa shape index (κ1) is 10.2. The molecule has 0 aliphatic heterocycles. The van der Waals surface area contributed by atoms with E-state index in [1.165, 1.54) is 12.1 Å². The standard InChI is InChI=1S/C11H14F2/c1-8(2)11-4-3-10(13)7-9(11)5-6-12/h3-4,7-8H,5-6H2,1-2H3. The fourth-order valence-electron chi connectivity index (χ4n) is 1.46. The summed E-state index contributed by atoms with van der Waals surface area (Å²) in [6.45, 7) is 3.62. The first-order valence-electron chi connectivity index (χ1n) is 4.49. The molecule has 1 rings (SSSR count). The second kappa shape index (κ2) is 4.35. The molecule has 0 aliphatic rings. The van der Waals surface area contributed by atoms with E-state index in [0.717, 1.165) is 11.1 Å². The van der Waals surface area contributed by atoms with Crippen LogP contribution < -0.4 is 0 Å². The topological polar surface area (TPSA) is 0 Å². The molecule has 0 unspecified atom stereocenters. The highest BCUT2D eigenvalue weighted by Crippen LogP contribution is 2.20. The summed E-state index contributed by atoms with van der Waals surface area (Å²) < 4.78 is 24.9. The van der Waals surface area contributed by atoms with Gasteiger partial charge in [0.1, 0.15) is 5.82 Å². The highest BCUT2D eigenvalue weighted by atomic mass is 19.1. The van der Waals surface area contributed by atoms with Gasteiger partial charge in [-0.25, -0.2) is 4.39 Å². The molecule has 0 radical (unpaired) electrons. The van der Waals surface area contributed by atoms with Crippen LogP contribution in [0.2, 0.25) is 0 Å². The maximum atomic E-state index is 12.8. The first-order valence-corrected chi connectivity index (χ1v) is 4.49. The van der Waals surface area contributed by atoms with Crippen LogP contribution in [0.15, 0.2) is 18.2 Å². The summed E-state index contributed by atoms with van der Waals surface area (Å²) in [4.78, 5) is 0. The minimum Gasteiger partial charge on any atom is -0.251 e. The Balaban J connectivity index is 3.03. The summed E-state index contributed by atoms with van der Waals surface area (Å²) in [6, 6.07) is 4.59. The average molecular weight is 184 g/mol. The van der Waals surface area contributed by atoms with Crippen LogP contribution in [0.25, 0.3) is 0 Å². The van der Waals surface area contributed by atoms with E-state index >= 15 is 0 Å². The Morgan fingerprint density at radius 1 is 1.31 bits per heavy atom. The van der Waals surface area contributed by atoms with Crippen LogP contribution >= 0.6 is 0 Å². The van der Waals surface area contributed by atoms with Crippen molar-refractivity contribution in [3.8, 4) is 0 Å². The monoisotopic (exact) mass is 184 g/mol. The Hall–Kier alpha value is -0.920. The van der Waals surface area contributed by atoms with Crippen molar-refractivity contribution in [2.45, 2.75) is 26.2 Å². The molecule has 1 aromatic rings. The van der Waals surface area contributed by atoms with Gasteiger partial charge < -0.3 is 0 Å². The number of halogens is 2. The molecule has 0 nitrogen and oxygen atoms in total. The Bertz CT molecular complexity index is 279. The van der Waals surface area contributed by atoms with Gasteiger partial charge in [-0.05, 0) is 29.2 Å². The average Bonchev–Trinajstić information content (AvgIpc) is 2.04. The van der Waals surface area contributed by atoms with Crippen LogP contribution in [0.1, 0.15) is 30.9 Å². The Kier molecular flexibility index (Phi) is 3.40. The van der Waals surface area contributed by atoms with Crippen LogP contribution in [-0.4, -0.2) is 6.67 Å². The lowest BCUT2D eigenvalue weighted by molar-refractivity contribution is 0.492. The predicted octanol–water partition coefficient (Wildman–Crippen LogP) is 3.46. The van der Waals surface area contributed by atoms with Crippen LogP contribution in [0.4, 0.5) is 8.78 Å². The van der Waals surface area contributed by atoms with Crippen molar-refractivity contribution >= 4 is 0 Å². The van der Waals surface area contributed by atoms with Gasteiger partial charge in [0.25, 0.3) is 0 Å². The summed E-state index contributed by atoms with van der Waals surface area (Å²) in [5, 5.41) is 0. The Labute approximate surface area is 77.6 Å². The Morgan fingerprint density at radius 3 is 2.54 bits per heavy atom. The molecule has 0 aromatic heterocycles. The van der Waals surface area contributed by atoms with E-state index < -0.39 is 6.67 Å². The number of benzene rings is 1. The predicted molar refractivity (Wildman–Crippen MR) is 50.2 cm³/mol. The Morgan fingerprint density at radius 2 is 2.00 bits per heavy atom. The lowest BCUT2D eigenvalue weighted by Crippen LogP contribution is -1.98. The van der Waals surface area contributed by atoms with Crippen LogP contribution in [-0.2, 0) is 6.42 Å². The maximum absolute atomic E-state index is 12.8. The van der Waals surface area contributed by atoms with Crippen LogP contribution in [0.3, 0.4) is 0 Å². The summed E-state index contributed by atoms with van der Waals surface area (Å²) >= 11 is 0. The summed E-state index contributed by atoms with van der Waals surface area (Å²) in [5.74, 6) is 0.0370. The fourth-order valence-corrected chi connectivity index (χ4v) is 1.46. The molecule has 0 aliphatic carbocycles. The highest BCUT2D eigenvalue weighted by molar-refractivity contribution is 5.30. The number of alkyl halides is 1. The van der Waals surface area contributed by atoms with Gasteiger partial charge in [0, 0.05) is 6.42 Å². The van der Waals surface area contributed by atoms with E-state index in [1.807, 2.05) is 13.8 Å². The van der Waals surface area contributed by atoms with Crippen molar-refractivity contribution in [2.75, 3.05) is 6.67 Å². The molecular weight excluding hydrogens is 170 g/mol. The molecule has 13 heavy (non-hydrogen) atoms. The zero-order valence-corrected chi connectivity index (χ0v) is 7.98. The van der Waals surface area contributed by atoms with Crippen molar-refractivity contribution in [1.29, 1.82) is 0 Å². The highest BCUT2D eigenvalue weighted by Gasteiger charge is 2.07. The van der Waals surface area contributed by atoms with E-state index in [9.17, 15) is 8.78 Å². The van der Waals surface area contributed by atoms with Crippen molar-refractivity contribution in [2.24, 2.45) is 0 Å². The van der Waals surface area contributed by atoms with Crippen LogP contribution in [0, 0.1) is 5.82 Å². The van der Waals surface area contributed by atoms with Gasteiger partial charge in [0.05, 0.1) is 6.67 Å². The van der Waals surface area contributed by atoms with E-state index in [2.05, 4.69) is 0 Å². The molecule has 0 fully saturated rings. The largest absolute Gasteiger partial charge is 0.251 e.